The predicted octanol–water partition coefficient (Wildman–Crippen LogP) is 1.82. The van der Waals surface area contributed by atoms with Crippen LogP contribution < -0.4 is 20.2 Å². The van der Waals surface area contributed by atoms with Crippen LogP contribution in [0.1, 0.15) is 12.5 Å². The molecule has 0 spiro atoms. The van der Waals surface area contributed by atoms with Crippen molar-refractivity contribution in [3.63, 3.8) is 0 Å². The number of halogens is 2. The van der Waals surface area contributed by atoms with Gasteiger partial charge in [0, 0.05) is 26.2 Å². The van der Waals surface area contributed by atoms with Crippen LogP contribution >= 0.6 is 12.2 Å². The van der Waals surface area contributed by atoms with Crippen molar-refractivity contribution < 1.29 is 23.0 Å². The van der Waals surface area contributed by atoms with E-state index in [0.29, 0.717) is 23.8 Å². The van der Waals surface area contributed by atoms with Gasteiger partial charge in [-0.25, -0.2) is 0 Å². The molecule has 2 rings (SSSR count). The first-order chi connectivity index (χ1) is 13.1. The van der Waals surface area contributed by atoms with Crippen molar-refractivity contribution >= 4 is 23.5 Å². The van der Waals surface area contributed by atoms with E-state index in [0.717, 1.165) is 32.8 Å². The maximum Gasteiger partial charge on any atom is 0.387 e. The van der Waals surface area contributed by atoms with Gasteiger partial charge < -0.3 is 19.5 Å². The van der Waals surface area contributed by atoms with E-state index in [4.69, 9.17) is 21.7 Å². The summed E-state index contributed by atoms with van der Waals surface area (Å²) in [6, 6.07) is 4.58. The average molecular weight is 402 g/mol. The van der Waals surface area contributed by atoms with Crippen molar-refractivity contribution in [3.8, 4) is 11.5 Å². The van der Waals surface area contributed by atoms with Crippen molar-refractivity contribution in [1.82, 2.24) is 15.6 Å². The third-order valence-corrected chi connectivity index (χ3v) is 3.92. The molecule has 1 aromatic carbocycles. The number of hydrogen-bond donors (Lipinski definition) is 2. The van der Waals surface area contributed by atoms with Crippen LogP contribution in [0, 0.1) is 0 Å². The lowest BCUT2D eigenvalue weighted by Crippen LogP contribution is -2.42. The summed E-state index contributed by atoms with van der Waals surface area (Å²) in [7, 11) is 0. The second-order valence-electron chi connectivity index (χ2n) is 5.60. The minimum atomic E-state index is -2.91. The highest BCUT2D eigenvalue weighted by Crippen LogP contribution is 2.29. The minimum absolute atomic E-state index is 0.0164. The lowest BCUT2D eigenvalue weighted by atomic mass is 10.2. The highest BCUT2D eigenvalue weighted by Gasteiger charge is 2.11. The van der Waals surface area contributed by atoms with Crippen LogP contribution in [0.2, 0.25) is 0 Å². The fraction of sp³-hybridized carbons (Fsp3) is 0.529. The van der Waals surface area contributed by atoms with Gasteiger partial charge in [-0.2, -0.15) is 13.9 Å². The molecule has 7 nitrogen and oxygen atoms in total. The minimum Gasteiger partial charge on any atom is -0.490 e. The molecule has 150 valence electrons. The zero-order valence-electron chi connectivity index (χ0n) is 15.1. The monoisotopic (exact) mass is 402 g/mol. The van der Waals surface area contributed by atoms with Gasteiger partial charge in [0.25, 0.3) is 0 Å². The highest BCUT2D eigenvalue weighted by molar-refractivity contribution is 7.80. The van der Waals surface area contributed by atoms with E-state index in [1.54, 1.807) is 19.1 Å². The fourth-order valence-corrected chi connectivity index (χ4v) is 2.58. The predicted molar refractivity (Wildman–Crippen MR) is 103 cm³/mol. The second-order valence-corrected chi connectivity index (χ2v) is 6.01. The second kappa shape index (κ2) is 11.6. The van der Waals surface area contributed by atoms with Crippen LogP contribution in [0.15, 0.2) is 23.3 Å². The Labute approximate surface area is 162 Å². The first-order valence-corrected chi connectivity index (χ1v) is 9.08. The summed E-state index contributed by atoms with van der Waals surface area (Å²) in [5, 5.41) is 7.52. The van der Waals surface area contributed by atoms with Crippen molar-refractivity contribution in [2.75, 3.05) is 46.0 Å². The molecule has 10 heteroatoms. The summed E-state index contributed by atoms with van der Waals surface area (Å²) in [6.45, 7) is 4.13. The lowest BCUT2D eigenvalue weighted by molar-refractivity contribution is -0.0514. The van der Waals surface area contributed by atoms with Crippen LogP contribution in [-0.2, 0) is 4.74 Å². The Morgan fingerprint density at radius 2 is 2.15 bits per heavy atom. The first kappa shape index (κ1) is 21.3. The van der Waals surface area contributed by atoms with E-state index in [2.05, 4.69) is 25.5 Å². The van der Waals surface area contributed by atoms with Gasteiger partial charge in [-0.1, -0.05) is 0 Å². The van der Waals surface area contributed by atoms with E-state index in [9.17, 15) is 8.78 Å². The largest absolute Gasteiger partial charge is 0.490 e. The van der Waals surface area contributed by atoms with Gasteiger partial charge in [0.1, 0.15) is 0 Å². The number of hydrogen-bond acceptors (Lipinski definition) is 6. The number of nitrogens with zero attached hydrogens (tertiary/aromatic N) is 2. The van der Waals surface area contributed by atoms with Gasteiger partial charge in [-0.05, 0) is 42.9 Å². The molecular weight excluding hydrogens is 378 g/mol. The molecule has 1 aliphatic rings. The molecule has 0 saturated carbocycles. The van der Waals surface area contributed by atoms with E-state index in [1.807, 2.05) is 0 Å². The summed E-state index contributed by atoms with van der Waals surface area (Å²) in [6.07, 6.45) is 1.52. The molecule has 1 saturated heterocycles. The Bertz CT molecular complexity index is 628. The van der Waals surface area contributed by atoms with E-state index in [-0.39, 0.29) is 11.5 Å². The summed E-state index contributed by atoms with van der Waals surface area (Å²) < 4.78 is 39.9. The number of ether oxygens (including phenoxy) is 3. The number of nitrogens with one attached hydrogen (secondary N) is 2. The number of morpholine rings is 1. The quantitative estimate of drug-likeness (QED) is 0.371. The number of hydrazone groups is 1. The smallest absolute Gasteiger partial charge is 0.387 e. The molecule has 0 atom stereocenters. The van der Waals surface area contributed by atoms with Crippen LogP contribution in [-0.4, -0.2) is 68.8 Å². The molecule has 2 N–H and O–H groups in total. The maximum atomic E-state index is 12.4. The van der Waals surface area contributed by atoms with Crippen molar-refractivity contribution in [2.24, 2.45) is 5.10 Å². The van der Waals surface area contributed by atoms with Gasteiger partial charge in [0.05, 0.1) is 26.0 Å². The Morgan fingerprint density at radius 1 is 1.37 bits per heavy atom. The van der Waals surface area contributed by atoms with Gasteiger partial charge in [-0.15, -0.1) is 0 Å². The topological polar surface area (TPSA) is 67.4 Å². The molecule has 0 aromatic heterocycles. The zero-order chi connectivity index (χ0) is 19.5. The molecule has 0 aliphatic carbocycles. The Morgan fingerprint density at radius 3 is 2.85 bits per heavy atom. The average Bonchev–Trinajstić information content (AvgIpc) is 2.64. The summed E-state index contributed by atoms with van der Waals surface area (Å²) in [5.74, 6) is 0.213. The van der Waals surface area contributed by atoms with Gasteiger partial charge >= 0.3 is 6.61 Å². The van der Waals surface area contributed by atoms with E-state index < -0.39 is 6.61 Å². The fourth-order valence-electron chi connectivity index (χ4n) is 2.42. The molecule has 0 unspecified atom stereocenters. The Kier molecular flexibility index (Phi) is 9.16. The van der Waals surface area contributed by atoms with Crippen LogP contribution in [0.25, 0.3) is 0 Å². The SMILES string of the molecule is CCOc1cc(/C=N\NC(=S)NCCN2CCOCC2)ccc1OC(F)F. The molecule has 1 fully saturated rings. The summed E-state index contributed by atoms with van der Waals surface area (Å²) in [5.41, 5.74) is 3.38. The Hall–Kier alpha value is -2.04. The molecule has 0 radical (unpaired) electrons. The first-order valence-electron chi connectivity index (χ1n) is 8.67. The highest BCUT2D eigenvalue weighted by atomic mass is 32.1. The number of alkyl halides is 2. The van der Waals surface area contributed by atoms with Gasteiger partial charge in [0.15, 0.2) is 16.6 Å². The van der Waals surface area contributed by atoms with Crippen molar-refractivity contribution in [1.29, 1.82) is 0 Å². The lowest BCUT2D eigenvalue weighted by Gasteiger charge is -2.26. The molecule has 1 aromatic rings. The normalized spacial score (nSPS) is 15.1. The van der Waals surface area contributed by atoms with Crippen LogP contribution in [0.4, 0.5) is 8.78 Å². The van der Waals surface area contributed by atoms with Gasteiger partial charge in [0.2, 0.25) is 0 Å². The molecule has 27 heavy (non-hydrogen) atoms. The number of benzene rings is 1. The maximum absolute atomic E-state index is 12.4. The molecule has 1 aliphatic heterocycles. The van der Waals surface area contributed by atoms with Crippen LogP contribution in [0.5, 0.6) is 11.5 Å². The molecular formula is C17H24F2N4O3S. The number of thiocarbonyl (C=S) groups is 1. The third kappa shape index (κ3) is 8.02. The summed E-state index contributed by atoms with van der Waals surface area (Å²) >= 11 is 5.16. The van der Waals surface area contributed by atoms with Gasteiger partial charge in [-0.3, -0.25) is 10.3 Å². The molecule has 0 amide bonds. The summed E-state index contributed by atoms with van der Waals surface area (Å²) in [4.78, 5) is 2.29. The molecule has 1 heterocycles. The Balaban J connectivity index is 1.78. The number of rotatable bonds is 9. The van der Waals surface area contributed by atoms with Crippen LogP contribution in [0.3, 0.4) is 0 Å². The third-order valence-electron chi connectivity index (χ3n) is 3.68. The van der Waals surface area contributed by atoms with Crippen molar-refractivity contribution in [2.45, 2.75) is 13.5 Å². The zero-order valence-corrected chi connectivity index (χ0v) is 15.9. The van der Waals surface area contributed by atoms with E-state index >= 15 is 0 Å². The van der Waals surface area contributed by atoms with Crippen molar-refractivity contribution in [3.05, 3.63) is 23.8 Å². The molecule has 0 bridgehead atoms. The standard InChI is InChI=1S/C17H24F2N4O3S/c1-2-25-15-11-13(3-4-14(15)26-16(18)19)12-21-22-17(27)20-5-6-23-7-9-24-10-8-23/h3-4,11-12,16H,2,5-10H2,1H3,(H2,20,22,27)/b21-12-. The van der Waals surface area contributed by atoms with E-state index in [1.165, 1.54) is 12.3 Å².